The highest BCUT2D eigenvalue weighted by molar-refractivity contribution is 6.46. The number of Topliss-reactive ketones (excluding diaryl/α,β-unsaturated/α-hetero) is 1. The Morgan fingerprint density at radius 1 is 1.03 bits per heavy atom. The fraction of sp³-hybridized carbons (Fsp3) is 0.304. The molecule has 0 spiro atoms. The molecule has 1 unspecified atom stereocenters. The number of methoxy groups -OCH3 is 3. The zero-order valence-electron chi connectivity index (χ0n) is 17.8. The maximum atomic E-state index is 13.0. The van der Waals surface area contributed by atoms with Crippen molar-refractivity contribution in [1.82, 2.24) is 4.90 Å². The zero-order valence-corrected chi connectivity index (χ0v) is 18.5. The molecule has 3 rings (SSSR count). The second-order valence-electron chi connectivity index (χ2n) is 6.92. The summed E-state index contributed by atoms with van der Waals surface area (Å²) in [5, 5.41) is 11.5. The number of carbonyl (C=O) groups excluding carboxylic acids is 2. The van der Waals surface area contributed by atoms with E-state index < -0.39 is 17.7 Å². The summed E-state index contributed by atoms with van der Waals surface area (Å²) in [6, 6.07) is 9.23. The molecule has 7 nitrogen and oxygen atoms in total. The van der Waals surface area contributed by atoms with Crippen LogP contribution in [0, 0.1) is 0 Å². The Balaban J connectivity index is 2.30. The predicted molar refractivity (Wildman–Crippen MR) is 117 cm³/mol. The predicted octanol–water partition coefficient (Wildman–Crippen LogP) is 4.20. The number of ether oxygens (including phenoxy) is 3. The molecule has 1 atom stereocenters. The summed E-state index contributed by atoms with van der Waals surface area (Å²) < 4.78 is 16.0. The summed E-state index contributed by atoms with van der Waals surface area (Å²) in [4.78, 5) is 27.4. The van der Waals surface area contributed by atoms with Crippen LogP contribution in [0.2, 0.25) is 5.02 Å². The van der Waals surface area contributed by atoms with Gasteiger partial charge in [-0.15, -0.1) is 0 Å². The van der Waals surface area contributed by atoms with Crippen molar-refractivity contribution in [2.75, 3.05) is 27.9 Å². The quantitative estimate of drug-likeness (QED) is 0.390. The van der Waals surface area contributed by atoms with E-state index in [2.05, 4.69) is 0 Å². The number of amides is 1. The van der Waals surface area contributed by atoms with E-state index >= 15 is 0 Å². The second-order valence-corrected chi connectivity index (χ2v) is 7.33. The fourth-order valence-electron chi connectivity index (χ4n) is 3.76. The van der Waals surface area contributed by atoms with Crippen LogP contribution in [0.4, 0.5) is 0 Å². The van der Waals surface area contributed by atoms with E-state index in [9.17, 15) is 14.7 Å². The number of likely N-dealkylation sites (tertiary alicyclic amines) is 1. The van der Waals surface area contributed by atoms with E-state index in [1.807, 2.05) is 6.92 Å². The fourth-order valence-corrected chi connectivity index (χ4v) is 4.00. The Morgan fingerprint density at radius 3 is 2.29 bits per heavy atom. The molecule has 1 fully saturated rings. The number of aliphatic hydroxyl groups excluding tert-OH is 1. The highest BCUT2D eigenvalue weighted by Gasteiger charge is 2.47. The molecule has 1 saturated heterocycles. The van der Waals surface area contributed by atoms with Crippen LogP contribution in [0.3, 0.4) is 0 Å². The lowest BCUT2D eigenvalue weighted by atomic mass is 9.94. The topological polar surface area (TPSA) is 85.3 Å². The van der Waals surface area contributed by atoms with Gasteiger partial charge in [-0.2, -0.15) is 0 Å². The lowest BCUT2D eigenvalue weighted by molar-refractivity contribution is -0.139. The van der Waals surface area contributed by atoms with E-state index in [4.69, 9.17) is 25.8 Å². The van der Waals surface area contributed by atoms with Gasteiger partial charge in [-0.05, 0) is 18.6 Å². The van der Waals surface area contributed by atoms with Crippen molar-refractivity contribution in [2.45, 2.75) is 19.4 Å². The van der Waals surface area contributed by atoms with Crippen molar-refractivity contribution in [3.63, 3.8) is 0 Å². The van der Waals surface area contributed by atoms with Crippen LogP contribution in [0.15, 0.2) is 42.0 Å². The minimum atomic E-state index is -0.818. The summed E-state index contributed by atoms with van der Waals surface area (Å²) in [7, 11) is 4.39. The summed E-state index contributed by atoms with van der Waals surface area (Å²) >= 11 is 6.26. The summed E-state index contributed by atoms with van der Waals surface area (Å²) in [5.41, 5.74) is 0.725. The monoisotopic (exact) mass is 445 g/mol. The molecule has 1 amide bonds. The lowest BCUT2D eigenvalue weighted by Gasteiger charge is -2.26. The molecule has 8 heteroatoms. The number of hydrogen-bond acceptors (Lipinski definition) is 6. The number of aliphatic hydroxyl groups is 1. The third-order valence-corrected chi connectivity index (χ3v) is 5.46. The average molecular weight is 446 g/mol. The molecular formula is C23H24ClNO6. The smallest absolute Gasteiger partial charge is 0.295 e. The van der Waals surface area contributed by atoms with Gasteiger partial charge in [0, 0.05) is 18.2 Å². The highest BCUT2D eigenvalue weighted by Crippen LogP contribution is 2.45. The standard InChI is InChI=1S/C23H24ClNO6/c1-5-10-25-20(13-8-6-7-9-16(13)29-2)19(22(27)23(25)28)21(26)14-11-15(24)18(31-4)12-17(14)30-3/h6-9,11-12,20,26H,5,10H2,1-4H3/b21-19+. The van der Waals surface area contributed by atoms with Crippen LogP contribution < -0.4 is 14.2 Å². The number of carbonyl (C=O) groups is 2. The number of para-hydroxylation sites is 1. The molecule has 0 aromatic heterocycles. The first-order valence-corrected chi connectivity index (χ1v) is 10.1. The van der Waals surface area contributed by atoms with Gasteiger partial charge in [0.2, 0.25) is 0 Å². The number of rotatable bonds is 7. The van der Waals surface area contributed by atoms with Gasteiger partial charge in [0.05, 0.1) is 43.5 Å². The van der Waals surface area contributed by atoms with Gasteiger partial charge >= 0.3 is 0 Å². The van der Waals surface area contributed by atoms with E-state index in [0.29, 0.717) is 30.0 Å². The Labute approximate surface area is 185 Å². The third-order valence-electron chi connectivity index (χ3n) is 5.17. The van der Waals surface area contributed by atoms with E-state index in [1.165, 1.54) is 38.4 Å². The van der Waals surface area contributed by atoms with Crippen molar-refractivity contribution in [3.05, 3.63) is 58.1 Å². The van der Waals surface area contributed by atoms with Crippen molar-refractivity contribution in [2.24, 2.45) is 0 Å². The maximum Gasteiger partial charge on any atom is 0.295 e. The van der Waals surface area contributed by atoms with Gasteiger partial charge in [0.1, 0.15) is 23.0 Å². The first-order valence-electron chi connectivity index (χ1n) is 9.72. The molecule has 1 aliphatic heterocycles. The highest BCUT2D eigenvalue weighted by atomic mass is 35.5. The molecule has 0 bridgehead atoms. The average Bonchev–Trinajstić information content (AvgIpc) is 3.03. The molecular weight excluding hydrogens is 422 g/mol. The minimum Gasteiger partial charge on any atom is -0.507 e. The van der Waals surface area contributed by atoms with Crippen LogP contribution in [-0.2, 0) is 9.59 Å². The molecule has 2 aromatic rings. The number of benzene rings is 2. The summed E-state index contributed by atoms with van der Waals surface area (Å²) in [6.45, 7) is 2.25. The van der Waals surface area contributed by atoms with Crippen LogP contribution in [0.25, 0.3) is 5.76 Å². The number of halogens is 1. The van der Waals surface area contributed by atoms with Crippen molar-refractivity contribution >= 4 is 29.1 Å². The van der Waals surface area contributed by atoms with Crippen molar-refractivity contribution in [3.8, 4) is 17.2 Å². The Hall–Kier alpha value is -3.19. The molecule has 1 aliphatic rings. The van der Waals surface area contributed by atoms with E-state index in [-0.39, 0.29) is 27.7 Å². The summed E-state index contributed by atoms with van der Waals surface area (Å²) in [5.74, 6) is -0.744. The largest absolute Gasteiger partial charge is 0.507 e. The molecule has 31 heavy (non-hydrogen) atoms. The number of nitrogens with zero attached hydrogens (tertiary/aromatic N) is 1. The van der Waals surface area contributed by atoms with Gasteiger partial charge < -0.3 is 24.2 Å². The van der Waals surface area contributed by atoms with E-state index in [0.717, 1.165) is 0 Å². The lowest BCUT2D eigenvalue weighted by Crippen LogP contribution is -2.30. The summed E-state index contributed by atoms with van der Waals surface area (Å²) in [6.07, 6.45) is 0.635. The SMILES string of the molecule is CCCN1C(=O)C(=O)/C(=C(/O)c2cc(Cl)c(OC)cc2OC)C1c1ccccc1OC. The first kappa shape index (κ1) is 22.5. The molecule has 0 aliphatic carbocycles. The molecule has 1 N–H and O–H groups in total. The van der Waals surface area contributed by atoms with Crippen molar-refractivity contribution in [1.29, 1.82) is 0 Å². The zero-order chi connectivity index (χ0) is 22.7. The molecule has 0 radical (unpaired) electrons. The van der Waals surface area contributed by atoms with Gasteiger partial charge in [0.15, 0.2) is 0 Å². The Kier molecular flexibility index (Phi) is 6.75. The number of ketones is 1. The molecule has 164 valence electrons. The third kappa shape index (κ3) is 3.93. The molecule has 2 aromatic carbocycles. The first-order chi connectivity index (χ1) is 14.9. The second kappa shape index (κ2) is 9.31. The van der Waals surface area contributed by atoms with Gasteiger partial charge in [-0.3, -0.25) is 9.59 Å². The van der Waals surface area contributed by atoms with E-state index in [1.54, 1.807) is 24.3 Å². The van der Waals surface area contributed by atoms with Crippen LogP contribution in [0.5, 0.6) is 17.2 Å². The van der Waals surface area contributed by atoms with Crippen LogP contribution >= 0.6 is 11.6 Å². The van der Waals surface area contributed by atoms with Crippen LogP contribution in [0.1, 0.15) is 30.5 Å². The maximum absolute atomic E-state index is 13.0. The minimum absolute atomic E-state index is 0.0533. The number of hydrogen-bond donors (Lipinski definition) is 1. The van der Waals surface area contributed by atoms with Crippen molar-refractivity contribution < 1.29 is 28.9 Å². The van der Waals surface area contributed by atoms with Gasteiger partial charge in [-0.1, -0.05) is 36.7 Å². The van der Waals surface area contributed by atoms with Gasteiger partial charge in [-0.25, -0.2) is 0 Å². The molecule has 1 heterocycles. The Bertz CT molecular complexity index is 1050. The normalized spacial score (nSPS) is 17.7. The van der Waals surface area contributed by atoms with Crippen LogP contribution in [-0.4, -0.2) is 49.6 Å². The van der Waals surface area contributed by atoms with Gasteiger partial charge in [0.25, 0.3) is 11.7 Å². The Morgan fingerprint density at radius 2 is 1.68 bits per heavy atom. The molecule has 0 saturated carbocycles.